The molecule has 3 unspecified atom stereocenters. The topological polar surface area (TPSA) is 80.2 Å². The minimum atomic E-state index is -4.93. The van der Waals surface area contributed by atoms with E-state index in [-0.39, 0.29) is 23.6 Å². The number of likely N-dealkylation sites (tertiary alicyclic amines) is 1. The van der Waals surface area contributed by atoms with Gasteiger partial charge in [-0.15, -0.1) is 18.1 Å². The molecule has 3 atom stereocenters. The van der Waals surface area contributed by atoms with E-state index in [0.717, 1.165) is 31.0 Å². The number of anilines is 1. The van der Waals surface area contributed by atoms with Crippen LogP contribution in [0, 0.1) is 4.91 Å². The van der Waals surface area contributed by atoms with Gasteiger partial charge in [-0.25, -0.2) is 0 Å². The summed E-state index contributed by atoms with van der Waals surface area (Å²) in [5, 5.41) is 5.08. The Labute approximate surface area is 147 Å². The number of nitroso groups, excluding NO2 is 1. The number of rotatable bonds is 5. The summed E-state index contributed by atoms with van der Waals surface area (Å²) in [6.07, 6.45) is -2.89. The molecule has 0 saturated carbocycles. The summed E-state index contributed by atoms with van der Waals surface area (Å²) in [5.41, 5.74) is -0.376. The van der Waals surface area contributed by atoms with Crippen molar-refractivity contribution < 1.29 is 27.4 Å². The summed E-state index contributed by atoms with van der Waals surface area (Å²) in [4.78, 5) is 25.1. The first-order chi connectivity index (χ1) is 12.2. The molecule has 142 valence electrons. The quantitative estimate of drug-likeness (QED) is 0.802. The number of hydrogen-bond donors (Lipinski definition) is 1. The van der Waals surface area contributed by atoms with Crippen LogP contribution in [-0.4, -0.2) is 48.5 Å². The average molecular weight is 373 g/mol. The fourth-order valence-electron chi connectivity index (χ4n) is 3.25. The molecule has 0 aliphatic carbocycles. The first kappa shape index (κ1) is 18.6. The molecule has 2 saturated heterocycles. The Morgan fingerprint density at radius 2 is 2.00 bits per heavy atom. The zero-order chi connectivity index (χ0) is 18.9. The molecule has 10 heteroatoms. The first-order valence-corrected chi connectivity index (χ1v) is 8.18. The zero-order valence-electron chi connectivity index (χ0n) is 14.0. The van der Waals surface area contributed by atoms with Crippen molar-refractivity contribution in [2.24, 2.45) is 5.18 Å². The van der Waals surface area contributed by atoms with Crippen LogP contribution in [0.15, 0.2) is 23.4 Å². The number of ether oxygens (including phenoxy) is 2. The minimum Gasteiger partial charge on any atom is -0.404 e. The maximum atomic E-state index is 12.5. The normalized spacial score (nSPS) is 24.2. The lowest BCUT2D eigenvalue weighted by Gasteiger charge is -2.35. The van der Waals surface area contributed by atoms with Gasteiger partial charge in [0.05, 0.1) is 23.9 Å². The van der Waals surface area contributed by atoms with E-state index >= 15 is 0 Å². The van der Waals surface area contributed by atoms with Gasteiger partial charge in [-0.3, -0.25) is 9.69 Å². The number of fused-ring (bicyclic) bond motifs is 2. The highest BCUT2D eigenvalue weighted by atomic mass is 19.4. The Bertz CT molecular complexity index is 686. The molecule has 1 N–H and O–H groups in total. The van der Waals surface area contributed by atoms with Crippen LogP contribution >= 0.6 is 0 Å². The highest BCUT2D eigenvalue weighted by Gasteiger charge is 2.37. The molecule has 3 rings (SSSR count). The Morgan fingerprint density at radius 1 is 1.35 bits per heavy atom. The molecule has 2 fully saturated rings. The van der Waals surface area contributed by atoms with Crippen LogP contribution < -0.4 is 10.1 Å². The van der Waals surface area contributed by atoms with Crippen LogP contribution in [0.1, 0.15) is 19.8 Å². The van der Waals surface area contributed by atoms with E-state index in [9.17, 15) is 22.9 Å². The number of nitrogens with one attached hydrogen (secondary N) is 1. The minimum absolute atomic E-state index is 0.0794. The molecule has 1 aromatic carbocycles. The van der Waals surface area contributed by atoms with Gasteiger partial charge in [0, 0.05) is 13.1 Å². The van der Waals surface area contributed by atoms with E-state index in [1.165, 1.54) is 0 Å². The van der Waals surface area contributed by atoms with Crippen LogP contribution in [0.4, 0.5) is 24.5 Å². The summed E-state index contributed by atoms with van der Waals surface area (Å²) in [6.45, 7) is 2.85. The van der Waals surface area contributed by atoms with Gasteiger partial charge in [-0.1, -0.05) is 0 Å². The van der Waals surface area contributed by atoms with Gasteiger partial charge in [0.1, 0.15) is 5.69 Å². The smallest absolute Gasteiger partial charge is 0.404 e. The van der Waals surface area contributed by atoms with E-state index < -0.39 is 24.1 Å². The van der Waals surface area contributed by atoms with Gasteiger partial charge in [0.15, 0.2) is 5.75 Å². The molecule has 0 radical (unpaired) electrons. The molecule has 1 amide bonds. The van der Waals surface area contributed by atoms with Crippen molar-refractivity contribution in [3.63, 3.8) is 0 Å². The second-order valence-corrected chi connectivity index (χ2v) is 6.40. The van der Waals surface area contributed by atoms with Gasteiger partial charge in [0.25, 0.3) is 0 Å². The van der Waals surface area contributed by atoms with Gasteiger partial charge >= 0.3 is 6.36 Å². The molecule has 2 aliphatic heterocycles. The lowest BCUT2D eigenvalue weighted by molar-refractivity contribution is -0.274. The third kappa shape index (κ3) is 4.31. The number of nitrogens with zero attached hydrogens (tertiary/aromatic N) is 2. The number of halogens is 3. The highest BCUT2D eigenvalue weighted by molar-refractivity contribution is 5.96. The lowest BCUT2D eigenvalue weighted by Crippen LogP contribution is -2.51. The zero-order valence-corrected chi connectivity index (χ0v) is 14.0. The standard InChI is InChI=1S/C16H18F3N3O4/c1-9(22-7-11-3-4-12(8-22)25-11)15(23)20-13-6-10(21-24)2-5-14(13)26-16(17,18)19/h2,5-6,9,11-12H,3-4,7-8H2,1H3,(H,20,23). The van der Waals surface area contributed by atoms with Crippen molar-refractivity contribution in [2.75, 3.05) is 18.4 Å². The van der Waals surface area contributed by atoms with Crippen molar-refractivity contribution in [1.82, 2.24) is 4.90 Å². The fraction of sp³-hybridized carbons (Fsp3) is 0.562. The number of hydrogen-bond acceptors (Lipinski definition) is 6. The number of alkyl halides is 3. The molecule has 0 spiro atoms. The molecule has 2 aliphatic rings. The summed E-state index contributed by atoms with van der Waals surface area (Å²) < 4.78 is 47.2. The van der Waals surface area contributed by atoms with Gasteiger partial charge in [-0.2, -0.15) is 0 Å². The number of benzene rings is 1. The second kappa shape index (κ2) is 7.20. The maximum Gasteiger partial charge on any atom is 0.573 e. The van der Waals surface area contributed by atoms with Crippen molar-refractivity contribution in [3.8, 4) is 5.75 Å². The molecule has 0 aromatic heterocycles. The summed E-state index contributed by atoms with van der Waals surface area (Å²) in [5.74, 6) is -1.10. The summed E-state index contributed by atoms with van der Waals surface area (Å²) in [6, 6.07) is 2.49. The van der Waals surface area contributed by atoms with Crippen molar-refractivity contribution in [3.05, 3.63) is 23.1 Å². The first-order valence-electron chi connectivity index (χ1n) is 8.18. The van der Waals surface area contributed by atoms with Crippen LogP contribution in [0.2, 0.25) is 0 Å². The molecule has 7 nitrogen and oxygen atoms in total. The monoisotopic (exact) mass is 373 g/mol. The van der Waals surface area contributed by atoms with Crippen LogP contribution in [0.3, 0.4) is 0 Å². The lowest BCUT2D eigenvalue weighted by atomic mass is 10.2. The van der Waals surface area contributed by atoms with Gasteiger partial charge in [0.2, 0.25) is 5.91 Å². The van der Waals surface area contributed by atoms with Crippen molar-refractivity contribution in [2.45, 2.75) is 44.4 Å². The van der Waals surface area contributed by atoms with E-state index in [0.29, 0.717) is 13.1 Å². The van der Waals surface area contributed by atoms with Crippen LogP contribution in [0.5, 0.6) is 5.75 Å². The van der Waals surface area contributed by atoms with Crippen molar-refractivity contribution >= 4 is 17.3 Å². The van der Waals surface area contributed by atoms with E-state index in [2.05, 4.69) is 15.2 Å². The van der Waals surface area contributed by atoms with Gasteiger partial charge < -0.3 is 14.8 Å². The number of carbonyl (C=O) groups excluding carboxylic acids is 1. The molecular weight excluding hydrogens is 355 g/mol. The number of amides is 1. The predicted molar refractivity (Wildman–Crippen MR) is 86.1 cm³/mol. The molecule has 2 heterocycles. The van der Waals surface area contributed by atoms with E-state index in [4.69, 9.17) is 4.74 Å². The summed E-state index contributed by atoms with van der Waals surface area (Å²) >= 11 is 0. The SMILES string of the molecule is CC(C(=O)Nc1cc(N=O)ccc1OC(F)(F)F)N1CC2CCC(C1)O2. The van der Waals surface area contributed by atoms with Crippen LogP contribution in [-0.2, 0) is 9.53 Å². The van der Waals surface area contributed by atoms with Crippen LogP contribution in [0.25, 0.3) is 0 Å². The molecule has 1 aromatic rings. The summed E-state index contributed by atoms with van der Waals surface area (Å²) in [7, 11) is 0. The number of morpholine rings is 1. The maximum absolute atomic E-state index is 12.5. The molecular formula is C16H18F3N3O4. The van der Waals surface area contributed by atoms with Gasteiger partial charge in [-0.05, 0) is 43.1 Å². The Kier molecular flexibility index (Phi) is 5.15. The Balaban J connectivity index is 1.74. The largest absolute Gasteiger partial charge is 0.573 e. The third-order valence-corrected chi connectivity index (χ3v) is 4.55. The Hall–Kier alpha value is -2.20. The Morgan fingerprint density at radius 3 is 2.58 bits per heavy atom. The number of carbonyl (C=O) groups is 1. The van der Waals surface area contributed by atoms with Crippen molar-refractivity contribution in [1.29, 1.82) is 0 Å². The van der Waals surface area contributed by atoms with E-state index in [1.807, 2.05) is 4.90 Å². The fourth-order valence-corrected chi connectivity index (χ4v) is 3.25. The van der Waals surface area contributed by atoms with E-state index in [1.54, 1.807) is 6.92 Å². The highest BCUT2D eigenvalue weighted by Crippen LogP contribution is 2.34. The second-order valence-electron chi connectivity index (χ2n) is 6.40. The molecule has 2 bridgehead atoms. The average Bonchev–Trinajstić information content (AvgIpc) is 2.92. The molecule has 26 heavy (non-hydrogen) atoms. The predicted octanol–water partition coefficient (Wildman–Crippen LogP) is 3.17. The third-order valence-electron chi connectivity index (χ3n) is 4.55.